The largest absolute Gasteiger partial charge is 0.508 e. The summed E-state index contributed by atoms with van der Waals surface area (Å²) in [5.74, 6) is -0.377. The molecule has 0 aliphatic rings. The Bertz CT molecular complexity index is 334. The van der Waals surface area contributed by atoms with Gasteiger partial charge in [-0.25, -0.2) is 0 Å². The first-order valence-electron chi connectivity index (χ1n) is 3.82. The van der Waals surface area contributed by atoms with E-state index < -0.39 is 5.91 Å². The van der Waals surface area contributed by atoms with E-state index in [-0.39, 0.29) is 5.75 Å². The van der Waals surface area contributed by atoms with Crippen LogP contribution in [0.1, 0.15) is 10.4 Å². The number of hydrogen-bond donors (Lipinski definition) is 2. The topological polar surface area (TPSA) is 66.6 Å². The van der Waals surface area contributed by atoms with Crippen molar-refractivity contribution in [3.8, 4) is 5.75 Å². The average Bonchev–Trinajstić information content (AvgIpc) is 2.03. The predicted molar refractivity (Wildman–Crippen MR) is 51.0 cm³/mol. The SMILES string of the molecule is CN(C)c1cc(O)ccc1C(N)=O. The van der Waals surface area contributed by atoms with Crippen LogP contribution in [0, 0.1) is 0 Å². The number of anilines is 1. The van der Waals surface area contributed by atoms with Crippen LogP contribution >= 0.6 is 0 Å². The molecule has 13 heavy (non-hydrogen) atoms. The van der Waals surface area contributed by atoms with Crippen molar-refractivity contribution in [3.05, 3.63) is 23.8 Å². The van der Waals surface area contributed by atoms with E-state index in [1.54, 1.807) is 19.0 Å². The number of amides is 1. The van der Waals surface area contributed by atoms with Gasteiger partial charge in [-0.3, -0.25) is 4.79 Å². The van der Waals surface area contributed by atoms with E-state index in [0.717, 1.165) is 0 Å². The summed E-state index contributed by atoms with van der Waals surface area (Å²) in [6.45, 7) is 0. The molecule has 4 nitrogen and oxygen atoms in total. The Balaban J connectivity index is 3.26. The molecule has 0 unspecified atom stereocenters. The molecule has 0 saturated heterocycles. The van der Waals surface area contributed by atoms with E-state index in [2.05, 4.69) is 0 Å². The number of nitrogens with two attached hydrogens (primary N) is 1. The lowest BCUT2D eigenvalue weighted by Crippen LogP contribution is -2.18. The maximum atomic E-state index is 11.0. The lowest BCUT2D eigenvalue weighted by Gasteiger charge is -2.15. The van der Waals surface area contributed by atoms with Crippen molar-refractivity contribution in [2.24, 2.45) is 5.73 Å². The number of benzene rings is 1. The number of nitrogens with zero attached hydrogens (tertiary/aromatic N) is 1. The van der Waals surface area contributed by atoms with Gasteiger partial charge in [-0.1, -0.05) is 0 Å². The van der Waals surface area contributed by atoms with Crippen LogP contribution in [0.15, 0.2) is 18.2 Å². The number of phenolic OH excluding ortho intramolecular Hbond substituents is 1. The maximum Gasteiger partial charge on any atom is 0.250 e. The van der Waals surface area contributed by atoms with Gasteiger partial charge in [0.25, 0.3) is 5.91 Å². The van der Waals surface area contributed by atoms with Crippen LogP contribution in [-0.4, -0.2) is 25.1 Å². The van der Waals surface area contributed by atoms with Gasteiger partial charge in [0.15, 0.2) is 0 Å². The predicted octanol–water partition coefficient (Wildman–Crippen LogP) is 0.557. The third-order valence-electron chi connectivity index (χ3n) is 1.73. The molecule has 3 N–H and O–H groups in total. The van der Waals surface area contributed by atoms with E-state index in [4.69, 9.17) is 5.73 Å². The molecule has 1 aromatic carbocycles. The van der Waals surface area contributed by atoms with Crippen molar-refractivity contribution < 1.29 is 9.90 Å². The van der Waals surface area contributed by atoms with Gasteiger partial charge in [0.2, 0.25) is 0 Å². The smallest absolute Gasteiger partial charge is 0.250 e. The molecule has 0 fully saturated rings. The third-order valence-corrected chi connectivity index (χ3v) is 1.73. The molecule has 70 valence electrons. The molecule has 0 aromatic heterocycles. The second-order valence-electron chi connectivity index (χ2n) is 2.96. The van der Waals surface area contributed by atoms with Gasteiger partial charge in [-0.05, 0) is 12.1 Å². The third kappa shape index (κ3) is 1.90. The standard InChI is InChI=1S/C9H12N2O2/c1-11(2)8-5-6(12)3-4-7(8)9(10)13/h3-5,12H,1-2H3,(H2,10,13). The number of carbonyl (C=O) groups is 1. The first-order chi connectivity index (χ1) is 6.02. The molecule has 1 aromatic rings. The molecular weight excluding hydrogens is 168 g/mol. The van der Waals surface area contributed by atoms with E-state index in [1.807, 2.05) is 0 Å². The number of phenols is 1. The lowest BCUT2D eigenvalue weighted by molar-refractivity contribution is 0.100. The van der Waals surface area contributed by atoms with E-state index in [0.29, 0.717) is 11.3 Å². The molecule has 0 saturated carbocycles. The quantitative estimate of drug-likeness (QED) is 0.698. The Morgan fingerprint density at radius 3 is 2.54 bits per heavy atom. The Morgan fingerprint density at radius 1 is 1.46 bits per heavy atom. The minimum absolute atomic E-state index is 0.119. The Morgan fingerprint density at radius 2 is 2.08 bits per heavy atom. The molecule has 0 spiro atoms. The van der Waals surface area contributed by atoms with E-state index in [9.17, 15) is 9.90 Å². The normalized spacial score (nSPS) is 9.69. The fourth-order valence-corrected chi connectivity index (χ4v) is 1.10. The van der Waals surface area contributed by atoms with Gasteiger partial charge < -0.3 is 15.7 Å². The van der Waals surface area contributed by atoms with Crippen molar-refractivity contribution in [1.82, 2.24) is 0 Å². The fraction of sp³-hybridized carbons (Fsp3) is 0.222. The molecule has 4 heteroatoms. The average molecular weight is 180 g/mol. The zero-order valence-corrected chi connectivity index (χ0v) is 7.61. The van der Waals surface area contributed by atoms with E-state index >= 15 is 0 Å². The highest BCUT2D eigenvalue weighted by molar-refractivity contribution is 5.98. The fourth-order valence-electron chi connectivity index (χ4n) is 1.10. The summed E-state index contributed by atoms with van der Waals surface area (Å²) in [6.07, 6.45) is 0. The van der Waals surface area contributed by atoms with Crippen molar-refractivity contribution in [2.45, 2.75) is 0 Å². The van der Waals surface area contributed by atoms with Gasteiger partial charge >= 0.3 is 0 Å². The van der Waals surface area contributed by atoms with Crippen molar-refractivity contribution in [1.29, 1.82) is 0 Å². The molecule has 0 bridgehead atoms. The van der Waals surface area contributed by atoms with Crippen molar-refractivity contribution in [3.63, 3.8) is 0 Å². The van der Waals surface area contributed by atoms with Gasteiger partial charge in [-0.2, -0.15) is 0 Å². The van der Waals surface area contributed by atoms with Crippen LogP contribution in [0.3, 0.4) is 0 Å². The molecule has 0 atom stereocenters. The zero-order valence-electron chi connectivity index (χ0n) is 7.61. The molecular formula is C9H12N2O2. The number of rotatable bonds is 2. The Kier molecular flexibility index (Phi) is 2.41. The number of aromatic hydroxyl groups is 1. The summed E-state index contributed by atoms with van der Waals surface area (Å²) >= 11 is 0. The number of primary amides is 1. The second kappa shape index (κ2) is 3.35. The molecule has 1 rings (SSSR count). The van der Waals surface area contributed by atoms with E-state index in [1.165, 1.54) is 18.2 Å². The molecule has 1 amide bonds. The van der Waals surface area contributed by atoms with Crippen molar-refractivity contribution >= 4 is 11.6 Å². The first kappa shape index (κ1) is 9.38. The Labute approximate surface area is 76.6 Å². The van der Waals surface area contributed by atoms with Crippen LogP contribution in [0.2, 0.25) is 0 Å². The maximum absolute atomic E-state index is 11.0. The Hall–Kier alpha value is -1.71. The summed E-state index contributed by atoms with van der Waals surface area (Å²) in [4.78, 5) is 12.7. The zero-order chi connectivity index (χ0) is 10.0. The summed E-state index contributed by atoms with van der Waals surface area (Å²) in [5.41, 5.74) is 6.18. The minimum atomic E-state index is -0.497. The highest BCUT2D eigenvalue weighted by Crippen LogP contribution is 2.23. The summed E-state index contributed by atoms with van der Waals surface area (Å²) < 4.78 is 0. The number of carbonyl (C=O) groups excluding carboxylic acids is 1. The van der Waals surface area contributed by atoms with Crippen molar-refractivity contribution in [2.75, 3.05) is 19.0 Å². The number of hydrogen-bond acceptors (Lipinski definition) is 3. The van der Waals surface area contributed by atoms with Crippen LogP contribution in [-0.2, 0) is 0 Å². The van der Waals surface area contributed by atoms with Gasteiger partial charge in [0.05, 0.1) is 11.3 Å². The second-order valence-corrected chi connectivity index (χ2v) is 2.96. The van der Waals surface area contributed by atoms with Crippen LogP contribution < -0.4 is 10.6 Å². The summed E-state index contributed by atoms with van der Waals surface area (Å²) in [6, 6.07) is 4.44. The molecule has 0 radical (unpaired) electrons. The lowest BCUT2D eigenvalue weighted by atomic mass is 10.1. The monoisotopic (exact) mass is 180 g/mol. The molecule has 0 aliphatic heterocycles. The van der Waals surface area contributed by atoms with Gasteiger partial charge in [0.1, 0.15) is 5.75 Å². The van der Waals surface area contributed by atoms with Gasteiger partial charge in [-0.15, -0.1) is 0 Å². The minimum Gasteiger partial charge on any atom is -0.508 e. The van der Waals surface area contributed by atoms with Crippen LogP contribution in [0.4, 0.5) is 5.69 Å². The highest BCUT2D eigenvalue weighted by atomic mass is 16.3. The van der Waals surface area contributed by atoms with Crippen LogP contribution in [0.5, 0.6) is 5.75 Å². The summed E-state index contributed by atoms with van der Waals surface area (Å²) in [7, 11) is 3.56. The first-order valence-corrected chi connectivity index (χ1v) is 3.82. The van der Waals surface area contributed by atoms with Gasteiger partial charge in [0, 0.05) is 20.2 Å². The highest BCUT2D eigenvalue weighted by Gasteiger charge is 2.09. The van der Waals surface area contributed by atoms with Crippen LogP contribution in [0.25, 0.3) is 0 Å². The molecule has 0 heterocycles. The summed E-state index contributed by atoms with van der Waals surface area (Å²) in [5, 5.41) is 9.19. The molecule has 0 aliphatic carbocycles.